The minimum atomic E-state index is 0.375. The molecular weight excluding hydrogens is 172 g/mol. The minimum absolute atomic E-state index is 0.375. The third-order valence-electron chi connectivity index (χ3n) is 2.44. The smallest absolute Gasteiger partial charge is 0.00418 e. The van der Waals surface area contributed by atoms with Crippen molar-refractivity contribution in [3.63, 3.8) is 0 Å². The van der Waals surface area contributed by atoms with Crippen LogP contribution in [0.25, 0.3) is 0 Å². The van der Waals surface area contributed by atoms with E-state index in [2.05, 4.69) is 45.0 Å². The van der Waals surface area contributed by atoms with Crippen LogP contribution in [-0.2, 0) is 0 Å². The number of nitrogens with one attached hydrogen (secondary N) is 1. The van der Waals surface area contributed by atoms with Gasteiger partial charge in [-0.2, -0.15) is 0 Å². The number of rotatable bonds is 7. The molecule has 0 aromatic rings. The molecule has 1 N–H and O–H groups in total. The second-order valence-corrected chi connectivity index (χ2v) is 5.61. The molecule has 0 bridgehead atoms. The first-order valence-corrected chi connectivity index (χ1v) is 5.70. The third kappa shape index (κ3) is 7.34. The van der Waals surface area contributed by atoms with E-state index in [1.165, 1.54) is 19.5 Å². The SMILES string of the molecule is CNCC(C)(C)CN(C)CCC(C)C. The van der Waals surface area contributed by atoms with Crippen molar-refractivity contribution < 1.29 is 0 Å². The highest BCUT2D eigenvalue weighted by atomic mass is 15.1. The molecule has 0 aromatic heterocycles. The topological polar surface area (TPSA) is 15.3 Å². The Morgan fingerprint density at radius 1 is 1.29 bits per heavy atom. The summed E-state index contributed by atoms with van der Waals surface area (Å²) in [6, 6.07) is 0. The van der Waals surface area contributed by atoms with Gasteiger partial charge in [-0.25, -0.2) is 0 Å². The van der Waals surface area contributed by atoms with Crippen molar-refractivity contribution in [2.24, 2.45) is 11.3 Å². The molecule has 2 heteroatoms. The second kappa shape index (κ2) is 6.41. The first kappa shape index (κ1) is 13.9. The van der Waals surface area contributed by atoms with E-state index >= 15 is 0 Å². The highest BCUT2D eigenvalue weighted by molar-refractivity contribution is 4.74. The van der Waals surface area contributed by atoms with Crippen molar-refractivity contribution in [2.45, 2.75) is 34.1 Å². The number of nitrogens with zero attached hydrogens (tertiary/aromatic N) is 1. The fourth-order valence-electron chi connectivity index (χ4n) is 1.82. The highest BCUT2D eigenvalue weighted by Gasteiger charge is 2.18. The van der Waals surface area contributed by atoms with Crippen LogP contribution in [0.2, 0.25) is 0 Å². The molecular formula is C12H28N2. The van der Waals surface area contributed by atoms with Gasteiger partial charge in [0.05, 0.1) is 0 Å². The Morgan fingerprint density at radius 3 is 2.29 bits per heavy atom. The summed E-state index contributed by atoms with van der Waals surface area (Å²) in [5.41, 5.74) is 0.375. The first-order chi connectivity index (χ1) is 6.37. The van der Waals surface area contributed by atoms with E-state index in [4.69, 9.17) is 0 Å². The Hall–Kier alpha value is -0.0800. The van der Waals surface area contributed by atoms with Gasteiger partial charge in [-0.05, 0) is 38.4 Å². The Labute approximate surface area is 90.1 Å². The summed E-state index contributed by atoms with van der Waals surface area (Å²) in [6.07, 6.45) is 1.30. The molecule has 0 heterocycles. The maximum Gasteiger partial charge on any atom is 0.00418 e. The van der Waals surface area contributed by atoms with Gasteiger partial charge in [0.15, 0.2) is 0 Å². The molecule has 0 radical (unpaired) electrons. The van der Waals surface area contributed by atoms with Crippen molar-refractivity contribution in [1.82, 2.24) is 10.2 Å². The lowest BCUT2D eigenvalue weighted by Gasteiger charge is -2.30. The molecule has 0 aliphatic carbocycles. The highest BCUT2D eigenvalue weighted by Crippen LogP contribution is 2.15. The molecule has 0 aromatic carbocycles. The Morgan fingerprint density at radius 2 is 1.86 bits per heavy atom. The molecule has 0 spiro atoms. The van der Waals surface area contributed by atoms with Crippen LogP contribution in [0.15, 0.2) is 0 Å². The molecule has 0 aliphatic heterocycles. The predicted octanol–water partition coefficient (Wildman–Crippen LogP) is 2.21. The molecule has 0 fully saturated rings. The summed E-state index contributed by atoms with van der Waals surface area (Å²) in [7, 11) is 4.25. The molecule has 0 atom stereocenters. The van der Waals surface area contributed by atoms with Crippen LogP contribution < -0.4 is 5.32 Å². The van der Waals surface area contributed by atoms with Crippen LogP contribution in [0.4, 0.5) is 0 Å². The van der Waals surface area contributed by atoms with Crippen LogP contribution >= 0.6 is 0 Å². The summed E-state index contributed by atoms with van der Waals surface area (Å²) >= 11 is 0. The van der Waals surface area contributed by atoms with Crippen LogP contribution in [0.5, 0.6) is 0 Å². The van der Waals surface area contributed by atoms with E-state index in [1.807, 2.05) is 7.05 Å². The molecule has 0 unspecified atom stereocenters. The van der Waals surface area contributed by atoms with Crippen molar-refractivity contribution in [3.05, 3.63) is 0 Å². The summed E-state index contributed by atoms with van der Waals surface area (Å²) in [6.45, 7) is 12.7. The minimum Gasteiger partial charge on any atom is -0.319 e. The standard InChI is InChI=1S/C12H28N2/c1-11(2)7-8-14(6)10-12(3,4)9-13-5/h11,13H,7-10H2,1-6H3. The van der Waals surface area contributed by atoms with E-state index in [9.17, 15) is 0 Å². The monoisotopic (exact) mass is 200 g/mol. The molecule has 2 nitrogen and oxygen atoms in total. The van der Waals surface area contributed by atoms with Crippen LogP contribution in [0.3, 0.4) is 0 Å². The third-order valence-corrected chi connectivity index (χ3v) is 2.44. The van der Waals surface area contributed by atoms with Gasteiger partial charge < -0.3 is 10.2 Å². The zero-order valence-corrected chi connectivity index (χ0v) is 10.9. The first-order valence-electron chi connectivity index (χ1n) is 5.70. The zero-order valence-electron chi connectivity index (χ0n) is 10.9. The summed E-state index contributed by atoms with van der Waals surface area (Å²) in [5, 5.41) is 3.25. The maximum atomic E-state index is 3.25. The van der Waals surface area contributed by atoms with Gasteiger partial charge >= 0.3 is 0 Å². The summed E-state index contributed by atoms with van der Waals surface area (Å²) in [4.78, 5) is 2.44. The van der Waals surface area contributed by atoms with Gasteiger partial charge in [0.2, 0.25) is 0 Å². The van der Waals surface area contributed by atoms with Crippen molar-refractivity contribution in [2.75, 3.05) is 33.7 Å². The molecule has 14 heavy (non-hydrogen) atoms. The lowest BCUT2D eigenvalue weighted by molar-refractivity contribution is 0.200. The van der Waals surface area contributed by atoms with Gasteiger partial charge in [-0.3, -0.25) is 0 Å². The molecule has 86 valence electrons. The Kier molecular flexibility index (Phi) is 6.38. The van der Waals surface area contributed by atoms with Crippen molar-refractivity contribution in [3.8, 4) is 0 Å². The fraction of sp³-hybridized carbons (Fsp3) is 1.00. The van der Waals surface area contributed by atoms with Crippen molar-refractivity contribution in [1.29, 1.82) is 0 Å². The molecule has 0 amide bonds. The van der Waals surface area contributed by atoms with E-state index in [-0.39, 0.29) is 0 Å². The molecule has 0 rings (SSSR count). The van der Waals surface area contributed by atoms with E-state index in [0.29, 0.717) is 5.41 Å². The van der Waals surface area contributed by atoms with Gasteiger partial charge in [-0.1, -0.05) is 27.7 Å². The maximum absolute atomic E-state index is 3.25. The number of hydrogen-bond acceptors (Lipinski definition) is 2. The zero-order chi connectivity index (χ0) is 11.2. The second-order valence-electron chi connectivity index (χ2n) is 5.61. The molecule has 0 saturated heterocycles. The average Bonchev–Trinajstić information content (AvgIpc) is 1.99. The largest absolute Gasteiger partial charge is 0.319 e. The molecule has 0 saturated carbocycles. The van der Waals surface area contributed by atoms with Gasteiger partial charge in [0, 0.05) is 13.1 Å². The quantitative estimate of drug-likeness (QED) is 0.678. The lowest BCUT2D eigenvalue weighted by Crippen LogP contribution is -2.38. The Bertz CT molecular complexity index is 141. The summed E-state index contributed by atoms with van der Waals surface area (Å²) in [5.74, 6) is 0.810. The Balaban J connectivity index is 3.74. The van der Waals surface area contributed by atoms with Gasteiger partial charge in [-0.15, -0.1) is 0 Å². The van der Waals surface area contributed by atoms with E-state index < -0.39 is 0 Å². The van der Waals surface area contributed by atoms with E-state index in [1.54, 1.807) is 0 Å². The normalized spacial score (nSPS) is 12.9. The van der Waals surface area contributed by atoms with Gasteiger partial charge in [0.1, 0.15) is 0 Å². The average molecular weight is 200 g/mol. The number of hydrogen-bond donors (Lipinski definition) is 1. The predicted molar refractivity (Wildman–Crippen MR) is 64.7 cm³/mol. The fourth-order valence-corrected chi connectivity index (χ4v) is 1.82. The van der Waals surface area contributed by atoms with Crippen LogP contribution in [0.1, 0.15) is 34.1 Å². The molecule has 0 aliphatic rings. The summed E-state index contributed by atoms with van der Waals surface area (Å²) < 4.78 is 0. The van der Waals surface area contributed by atoms with Crippen LogP contribution in [0, 0.1) is 11.3 Å². The van der Waals surface area contributed by atoms with Crippen molar-refractivity contribution >= 4 is 0 Å². The van der Waals surface area contributed by atoms with Crippen LogP contribution in [-0.4, -0.2) is 38.6 Å². The lowest BCUT2D eigenvalue weighted by atomic mass is 9.92. The van der Waals surface area contributed by atoms with E-state index in [0.717, 1.165) is 12.5 Å². The van der Waals surface area contributed by atoms with Gasteiger partial charge in [0.25, 0.3) is 0 Å².